The number of hydrogen-bond donors (Lipinski definition) is 5. The van der Waals surface area contributed by atoms with Crippen LogP contribution < -0.4 is 25.6 Å². The first-order chi connectivity index (χ1) is 21.3. The summed E-state index contributed by atoms with van der Waals surface area (Å²) >= 11 is 5.92. The van der Waals surface area contributed by atoms with Crippen LogP contribution in [0.2, 0.25) is 5.02 Å². The number of urea groups is 1. The molecule has 1 atom stereocenters. The summed E-state index contributed by atoms with van der Waals surface area (Å²) in [4.78, 5) is 28.5. The Bertz CT molecular complexity index is 1320. The molecule has 5 N–H and O–H groups in total. The first-order valence-corrected chi connectivity index (χ1v) is 15.4. The molecule has 1 aliphatic heterocycles. The summed E-state index contributed by atoms with van der Waals surface area (Å²) in [5, 5.41) is 29.8. The van der Waals surface area contributed by atoms with Crippen molar-refractivity contribution < 1.29 is 24.5 Å². The first kappa shape index (κ1) is 32.9. The summed E-state index contributed by atoms with van der Waals surface area (Å²) in [7, 11) is 1.71. The van der Waals surface area contributed by atoms with E-state index in [-0.39, 0.29) is 43.3 Å². The molecule has 11 heteroatoms. The molecule has 3 aromatic rings. The fourth-order valence-corrected chi connectivity index (χ4v) is 5.02. The van der Waals surface area contributed by atoms with Crippen molar-refractivity contribution in [3.8, 4) is 11.5 Å². The van der Waals surface area contributed by atoms with Gasteiger partial charge in [0.25, 0.3) is 0 Å². The van der Waals surface area contributed by atoms with Crippen molar-refractivity contribution in [2.24, 2.45) is 0 Å². The topological polar surface area (TPSA) is 126 Å². The predicted molar refractivity (Wildman–Crippen MR) is 174 cm³/mol. The Morgan fingerprint density at radius 1 is 1.00 bits per heavy atom. The highest BCUT2D eigenvalue weighted by Crippen LogP contribution is 2.19. The number of phenols is 1. The quantitative estimate of drug-likeness (QED) is 0.170. The smallest absolute Gasteiger partial charge is 0.317 e. The number of carbonyl (C=O) groups excluding carboxylic acids is 2. The van der Waals surface area contributed by atoms with Gasteiger partial charge in [0.1, 0.15) is 24.2 Å². The van der Waals surface area contributed by atoms with Gasteiger partial charge >= 0.3 is 6.03 Å². The number of halogens is 1. The predicted octanol–water partition coefficient (Wildman–Crippen LogP) is 4.26. The molecule has 1 saturated heterocycles. The number of phenolic OH excluding ortho intramolecular Hbond substituents is 1. The van der Waals surface area contributed by atoms with Crippen molar-refractivity contribution in [3.63, 3.8) is 0 Å². The van der Waals surface area contributed by atoms with Crippen LogP contribution in [0.25, 0.3) is 0 Å². The lowest BCUT2D eigenvalue weighted by molar-refractivity contribution is -0.118. The Balaban J connectivity index is 1.06. The van der Waals surface area contributed by atoms with Crippen LogP contribution in [0.1, 0.15) is 24.8 Å². The lowest BCUT2D eigenvalue weighted by Crippen LogP contribution is -2.47. The van der Waals surface area contributed by atoms with Crippen molar-refractivity contribution in [2.45, 2.75) is 37.8 Å². The lowest BCUT2D eigenvalue weighted by atomic mass is 10.0. The summed E-state index contributed by atoms with van der Waals surface area (Å²) in [5.74, 6) is 0.699. The number of aliphatic hydroxyl groups excluding tert-OH is 1. The van der Waals surface area contributed by atoms with Gasteiger partial charge in [0.2, 0.25) is 5.91 Å². The van der Waals surface area contributed by atoms with Crippen molar-refractivity contribution in [2.75, 3.05) is 56.6 Å². The van der Waals surface area contributed by atoms with Gasteiger partial charge in [0.15, 0.2) is 0 Å². The molecule has 1 heterocycles. The van der Waals surface area contributed by atoms with E-state index in [2.05, 4.69) is 40.2 Å². The number of benzene rings is 3. The molecular weight excluding hydrogens is 582 g/mol. The zero-order chi connectivity index (χ0) is 31.3. The van der Waals surface area contributed by atoms with Gasteiger partial charge in [-0.05, 0) is 92.0 Å². The SMILES string of the molecule is CN(C(=O)CCNC(=O)N1CCC(Nc2ccc(CCNC[C@H](O)COc3ccc(O)cc3)cc2)CC1)c1ccc(Cl)cc1. The minimum atomic E-state index is -0.634. The summed E-state index contributed by atoms with van der Waals surface area (Å²) in [6, 6.07) is 22.0. The standard InChI is InChI=1S/C33H42ClN5O5/c1-38(28-8-4-25(34)5-9-28)32(42)15-19-36-33(43)39-20-16-27(17-21-39)37-26-6-2-24(3-7-26)14-18-35-22-30(41)23-44-31-12-10-29(40)11-13-31/h2-13,27,30,35,37,40-41H,14-23H2,1H3,(H,36,43)/t30-/m0/s1. The van der Waals surface area contributed by atoms with E-state index in [0.717, 1.165) is 37.2 Å². The van der Waals surface area contributed by atoms with Crippen LogP contribution in [0, 0.1) is 0 Å². The summed E-state index contributed by atoms with van der Waals surface area (Å²) in [6.07, 6.45) is 2.10. The number of anilines is 2. The van der Waals surface area contributed by atoms with Crippen molar-refractivity contribution in [1.82, 2.24) is 15.5 Å². The maximum absolute atomic E-state index is 12.6. The fourth-order valence-electron chi connectivity index (χ4n) is 4.89. The third-order valence-corrected chi connectivity index (χ3v) is 7.81. The van der Waals surface area contributed by atoms with Gasteiger partial charge in [-0.1, -0.05) is 23.7 Å². The molecule has 3 amide bonds. The molecule has 0 bridgehead atoms. The van der Waals surface area contributed by atoms with Crippen LogP contribution in [0.5, 0.6) is 11.5 Å². The highest BCUT2D eigenvalue weighted by atomic mass is 35.5. The summed E-state index contributed by atoms with van der Waals surface area (Å²) < 4.78 is 5.53. The number of aliphatic hydroxyl groups is 1. The van der Waals surface area contributed by atoms with Crippen molar-refractivity contribution >= 4 is 34.9 Å². The molecule has 0 aliphatic carbocycles. The number of nitrogens with one attached hydrogen (secondary N) is 3. The normalized spacial score (nSPS) is 14.1. The van der Waals surface area contributed by atoms with Crippen LogP contribution in [-0.4, -0.2) is 85.6 Å². The second kappa shape index (κ2) is 16.7. The molecule has 0 aromatic heterocycles. The number of aromatic hydroxyl groups is 1. The Morgan fingerprint density at radius 2 is 1.68 bits per heavy atom. The second-order valence-electron chi connectivity index (χ2n) is 10.9. The molecule has 1 aliphatic rings. The average Bonchev–Trinajstić information content (AvgIpc) is 3.04. The molecule has 10 nitrogen and oxygen atoms in total. The highest BCUT2D eigenvalue weighted by Gasteiger charge is 2.23. The van der Waals surface area contributed by atoms with E-state index >= 15 is 0 Å². The molecule has 3 aromatic carbocycles. The molecule has 0 unspecified atom stereocenters. The molecule has 0 spiro atoms. The number of carbonyl (C=O) groups is 2. The minimum Gasteiger partial charge on any atom is -0.508 e. The zero-order valence-electron chi connectivity index (χ0n) is 25.0. The number of ether oxygens (including phenoxy) is 1. The third kappa shape index (κ3) is 10.6. The first-order valence-electron chi connectivity index (χ1n) is 15.0. The van der Waals surface area contributed by atoms with E-state index in [9.17, 15) is 19.8 Å². The molecule has 44 heavy (non-hydrogen) atoms. The summed E-state index contributed by atoms with van der Waals surface area (Å²) in [5.41, 5.74) is 3.01. The Hall–Kier alpha value is -3.99. The Morgan fingerprint density at radius 3 is 2.36 bits per heavy atom. The van der Waals surface area contributed by atoms with Gasteiger partial charge in [0.05, 0.1) is 0 Å². The number of rotatable bonds is 14. The van der Waals surface area contributed by atoms with E-state index in [1.807, 2.05) is 0 Å². The van der Waals surface area contributed by atoms with Crippen LogP contribution in [-0.2, 0) is 11.2 Å². The maximum atomic E-state index is 12.6. The lowest BCUT2D eigenvalue weighted by Gasteiger charge is -2.33. The largest absolute Gasteiger partial charge is 0.508 e. The molecular formula is C33H42ClN5O5. The van der Waals surface area contributed by atoms with Gasteiger partial charge in [0, 0.05) is 62.1 Å². The molecule has 1 fully saturated rings. The number of piperidine rings is 1. The minimum absolute atomic E-state index is 0.0788. The van der Waals surface area contributed by atoms with Crippen LogP contribution >= 0.6 is 11.6 Å². The molecule has 0 radical (unpaired) electrons. The van der Waals surface area contributed by atoms with Gasteiger partial charge < -0.3 is 40.7 Å². The number of hydrogen-bond acceptors (Lipinski definition) is 7. The van der Waals surface area contributed by atoms with Gasteiger partial charge in [-0.3, -0.25) is 4.79 Å². The zero-order valence-corrected chi connectivity index (χ0v) is 25.8. The number of nitrogens with zero attached hydrogens (tertiary/aromatic N) is 2. The Kier molecular flexibility index (Phi) is 12.5. The monoisotopic (exact) mass is 623 g/mol. The number of likely N-dealkylation sites (tertiary alicyclic amines) is 1. The molecule has 0 saturated carbocycles. The van der Waals surface area contributed by atoms with Crippen molar-refractivity contribution in [1.29, 1.82) is 0 Å². The maximum Gasteiger partial charge on any atom is 0.317 e. The second-order valence-corrected chi connectivity index (χ2v) is 11.4. The van der Waals surface area contributed by atoms with Crippen LogP contribution in [0.3, 0.4) is 0 Å². The van der Waals surface area contributed by atoms with E-state index < -0.39 is 6.10 Å². The van der Waals surface area contributed by atoms with Crippen LogP contribution in [0.15, 0.2) is 72.8 Å². The molecule has 4 rings (SSSR count). The summed E-state index contributed by atoms with van der Waals surface area (Å²) in [6.45, 7) is 2.92. The highest BCUT2D eigenvalue weighted by molar-refractivity contribution is 6.30. The number of amides is 3. The average molecular weight is 624 g/mol. The van der Waals surface area contributed by atoms with Crippen molar-refractivity contribution in [3.05, 3.63) is 83.4 Å². The van der Waals surface area contributed by atoms with Gasteiger partial charge in [-0.25, -0.2) is 4.79 Å². The van der Waals surface area contributed by atoms with Gasteiger partial charge in [-0.2, -0.15) is 0 Å². The Labute approximate surface area is 264 Å². The van der Waals surface area contributed by atoms with E-state index in [1.54, 1.807) is 65.4 Å². The van der Waals surface area contributed by atoms with E-state index in [1.165, 1.54) is 5.56 Å². The van der Waals surface area contributed by atoms with E-state index in [4.69, 9.17) is 16.3 Å². The van der Waals surface area contributed by atoms with Gasteiger partial charge in [-0.15, -0.1) is 0 Å². The fraction of sp³-hybridized carbons (Fsp3) is 0.394. The van der Waals surface area contributed by atoms with Crippen LogP contribution in [0.4, 0.5) is 16.2 Å². The van der Waals surface area contributed by atoms with E-state index in [0.29, 0.717) is 30.4 Å². The third-order valence-electron chi connectivity index (χ3n) is 7.56. The molecule has 236 valence electrons.